The maximum Gasteiger partial charge on any atom is 0.243 e. The molecule has 132 valence electrons. The number of thiazole rings is 1. The van der Waals surface area contributed by atoms with Crippen molar-refractivity contribution < 1.29 is 9.59 Å². The fourth-order valence-electron chi connectivity index (χ4n) is 3.35. The lowest BCUT2D eigenvalue weighted by molar-refractivity contribution is -0.134. The molecule has 0 aliphatic carbocycles. The van der Waals surface area contributed by atoms with Crippen LogP contribution < -0.4 is 5.32 Å². The number of hydrogen-bond donors (Lipinski definition) is 1. The quantitative estimate of drug-likeness (QED) is 0.809. The van der Waals surface area contributed by atoms with E-state index in [4.69, 9.17) is 0 Å². The number of carbonyl (C=O) groups excluding carboxylic acids is 2. The molecule has 1 N–H and O–H groups in total. The zero-order valence-electron chi connectivity index (χ0n) is 14.2. The molecule has 2 aromatic rings. The fraction of sp³-hybridized carbons (Fsp3) is 0.421. The number of hydrogen-bond acceptors (Lipinski definition) is 4. The largest absolute Gasteiger partial charge is 0.352 e. The molecule has 1 atom stereocenters. The van der Waals surface area contributed by atoms with Crippen LogP contribution in [0.25, 0.3) is 10.2 Å². The van der Waals surface area contributed by atoms with Crippen molar-refractivity contribution in [3.8, 4) is 0 Å². The van der Waals surface area contributed by atoms with E-state index in [1.54, 1.807) is 11.3 Å². The predicted octanol–water partition coefficient (Wildman–Crippen LogP) is 2.91. The van der Waals surface area contributed by atoms with Crippen molar-refractivity contribution in [2.75, 3.05) is 13.1 Å². The van der Waals surface area contributed by atoms with Crippen LogP contribution in [0.2, 0.25) is 0 Å². The Balaban J connectivity index is 1.61. The Hall–Kier alpha value is -2.21. The summed E-state index contributed by atoms with van der Waals surface area (Å²) in [6, 6.07) is 6.24. The number of carbonyl (C=O) groups is 2. The highest BCUT2D eigenvalue weighted by Crippen LogP contribution is 2.23. The first-order chi connectivity index (χ1) is 12.2. The summed E-state index contributed by atoms with van der Waals surface area (Å²) < 4.78 is 1.12. The lowest BCUT2D eigenvalue weighted by atomic mass is 9.98. The van der Waals surface area contributed by atoms with E-state index in [1.165, 1.54) is 6.08 Å². The highest BCUT2D eigenvalue weighted by atomic mass is 32.1. The average Bonchev–Trinajstić information content (AvgIpc) is 3.09. The predicted molar refractivity (Wildman–Crippen MR) is 100 cm³/mol. The topological polar surface area (TPSA) is 62.3 Å². The van der Waals surface area contributed by atoms with Crippen LogP contribution in [-0.2, 0) is 16.0 Å². The first kappa shape index (κ1) is 17.6. The Bertz CT molecular complexity index is 771. The molecule has 0 bridgehead atoms. The van der Waals surface area contributed by atoms with E-state index in [1.807, 2.05) is 22.5 Å². The third-order valence-corrected chi connectivity index (χ3v) is 5.45. The second-order valence-corrected chi connectivity index (χ2v) is 7.24. The van der Waals surface area contributed by atoms with Crippen LogP contribution in [0.5, 0.6) is 0 Å². The smallest absolute Gasteiger partial charge is 0.243 e. The van der Waals surface area contributed by atoms with Gasteiger partial charge < -0.3 is 10.2 Å². The van der Waals surface area contributed by atoms with Gasteiger partial charge in [-0.25, -0.2) is 4.98 Å². The van der Waals surface area contributed by atoms with E-state index in [-0.39, 0.29) is 17.9 Å². The van der Waals surface area contributed by atoms with Crippen molar-refractivity contribution in [1.82, 2.24) is 15.2 Å². The van der Waals surface area contributed by atoms with E-state index in [0.29, 0.717) is 13.0 Å². The zero-order chi connectivity index (χ0) is 17.6. The van der Waals surface area contributed by atoms with Gasteiger partial charge in [0.05, 0.1) is 22.1 Å². The van der Waals surface area contributed by atoms with Gasteiger partial charge in [0, 0.05) is 19.1 Å². The molecule has 1 fully saturated rings. The van der Waals surface area contributed by atoms with Crippen LogP contribution in [0.3, 0.4) is 0 Å². The van der Waals surface area contributed by atoms with Crippen molar-refractivity contribution >= 4 is 33.4 Å². The van der Waals surface area contributed by atoms with Gasteiger partial charge >= 0.3 is 0 Å². The molecule has 2 amide bonds. The van der Waals surface area contributed by atoms with E-state index in [9.17, 15) is 9.59 Å². The van der Waals surface area contributed by atoms with Gasteiger partial charge in [0.25, 0.3) is 0 Å². The molecule has 1 saturated heterocycles. The molecule has 1 aromatic heterocycles. The second-order valence-electron chi connectivity index (χ2n) is 6.35. The Morgan fingerprint density at radius 1 is 1.40 bits per heavy atom. The summed E-state index contributed by atoms with van der Waals surface area (Å²) in [6.45, 7) is 4.84. The molecule has 1 aliphatic heterocycles. The average molecular weight is 357 g/mol. The Kier molecular flexibility index (Phi) is 5.81. The van der Waals surface area contributed by atoms with Crippen molar-refractivity contribution in [2.45, 2.75) is 38.1 Å². The van der Waals surface area contributed by atoms with Gasteiger partial charge in [0.2, 0.25) is 11.8 Å². The number of nitrogens with one attached hydrogen (secondary N) is 1. The minimum atomic E-state index is -0.161. The molecule has 0 radical (unpaired) electrons. The van der Waals surface area contributed by atoms with E-state index in [2.05, 4.69) is 22.9 Å². The number of rotatable bonds is 6. The molecule has 0 saturated carbocycles. The molecule has 1 unspecified atom stereocenters. The van der Waals surface area contributed by atoms with Crippen LogP contribution in [0.15, 0.2) is 36.4 Å². The first-order valence-corrected chi connectivity index (χ1v) is 9.57. The molecule has 0 spiro atoms. The van der Waals surface area contributed by atoms with Gasteiger partial charge in [-0.15, -0.1) is 11.3 Å². The van der Waals surface area contributed by atoms with Crippen molar-refractivity contribution in [3.05, 3.63) is 41.9 Å². The Morgan fingerprint density at radius 3 is 3.12 bits per heavy atom. The Morgan fingerprint density at radius 2 is 2.28 bits per heavy atom. The molecule has 1 aromatic carbocycles. The monoisotopic (exact) mass is 357 g/mol. The van der Waals surface area contributed by atoms with Gasteiger partial charge in [-0.3, -0.25) is 9.59 Å². The van der Waals surface area contributed by atoms with Crippen LogP contribution in [0.4, 0.5) is 0 Å². The van der Waals surface area contributed by atoms with Crippen LogP contribution >= 0.6 is 11.3 Å². The molecule has 25 heavy (non-hydrogen) atoms. The van der Waals surface area contributed by atoms with Crippen molar-refractivity contribution in [1.29, 1.82) is 0 Å². The minimum absolute atomic E-state index is 0.161. The number of nitrogens with zero attached hydrogens (tertiary/aromatic N) is 2. The van der Waals surface area contributed by atoms with Crippen molar-refractivity contribution in [2.24, 2.45) is 0 Å². The molecule has 3 rings (SSSR count). The summed E-state index contributed by atoms with van der Waals surface area (Å²) in [7, 11) is 0. The number of amides is 2. The number of piperidine rings is 1. The lowest BCUT2D eigenvalue weighted by Gasteiger charge is -2.36. The SMILES string of the molecule is C=CC(=O)NCCC1CCCCN1C(=O)Cc1ccc2ncsc2c1. The van der Waals surface area contributed by atoms with Gasteiger partial charge in [-0.05, 0) is 49.5 Å². The molecule has 1 aliphatic rings. The van der Waals surface area contributed by atoms with E-state index < -0.39 is 0 Å². The third kappa shape index (κ3) is 4.45. The van der Waals surface area contributed by atoms with Gasteiger partial charge in [0.1, 0.15) is 0 Å². The number of likely N-dealkylation sites (tertiary alicyclic amines) is 1. The maximum absolute atomic E-state index is 12.8. The lowest BCUT2D eigenvalue weighted by Crippen LogP contribution is -2.45. The summed E-state index contributed by atoms with van der Waals surface area (Å²) in [5.74, 6) is 0.00941. The fourth-order valence-corrected chi connectivity index (χ4v) is 4.09. The number of benzene rings is 1. The summed E-state index contributed by atoms with van der Waals surface area (Å²) in [4.78, 5) is 30.4. The molecular formula is C19H23N3O2S. The van der Waals surface area contributed by atoms with Crippen LogP contribution in [0.1, 0.15) is 31.2 Å². The number of aromatic nitrogens is 1. The second kappa shape index (κ2) is 8.25. The molecule has 5 nitrogen and oxygen atoms in total. The summed E-state index contributed by atoms with van der Waals surface area (Å²) in [5, 5.41) is 2.81. The maximum atomic E-state index is 12.8. The molecule has 2 heterocycles. The van der Waals surface area contributed by atoms with Crippen LogP contribution in [-0.4, -0.2) is 40.8 Å². The standard InChI is InChI=1S/C19H23N3O2S/c1-2-18(23)20-9-8-15-5-3-4-10-22(15)19(24)12-14-6-7-16-17(11-14)25-13-21-16/h2,6-7,11,13,15H,1,3-5,8-10,12H2,(H,20,23). The molecular weight excluding hydrogens is 334 g/mol. The van der Waals surface area contributed by atoms with E-state index in [0.717, 1.165) is 48.0 Å². The summed E-state index contributed by atoms with van der Waals surface area (Å²) in [5.41, 5.74) is 3.84. The number of fused-ring (bicyclic) bond motifs is 1. The highest BCUT2D eigenvalue weighted by molar-refractivity contribution is 7.16. The van der Waals surface area contributed by atoms with E-state index >= 15 is 0 Å². The highest BCUT2D eigenvalue weighted by Gasteiger charge is 2.26. The van der Waals surface area contributed by atoms with Crippen molar-refractivity contribution in [3.63, 3.8) is 0 Å². The third-order valence-electron chi connectivity index (χ3n) is 4.66. The van der Waals surface area contributed by atoms with Gasteiger partial charge in [-0.2, -0.15) is 0 Å². The first-order valence-electron chi connectivity index (χ1n) is 8.69. The minimum Gasteiger partial charge on any atom is -0.352 e. The van der Waals surface area contributed by atoms with Crippen LogP contribution in [0, 0.1) is 0 Å². The molecule has 6 heteroatoms. The normalized spacial score (nSPS) is 17.4. The Labute approximate surface area is 151 Å². The summed E-state index contributed by atoms with van der Waals surface area (Å²) >= 11 is 1.60. The zero-order valence-corrected chi connectivity index (χ0v) is 15.1. The van der Waals surface area contributed by atoms with Gasteiger partial charge in [0.15, 0.2) is 0 Å². The summed E-state index contributed by atoms with van der Waals surface area (Å²) in [6.07, 6.45) is 5.68. The van der Waals surface area contributed by atoms with Gasteiger partial charge in [-0.1, -0.05) is 12.6 Å².